The average Bonchev–Trinajstić information content (AvgIpc) is 3.12. The topological polar surface area (TPSA) is 83.3 Å². The number of hydrogen-bond donors (Lipinski definition) is 3. The van der Waals surface area contributed by atoms with Gasteiger partial charge in [-0.3, -0.25) is 15.6 Å². The first kappa shape index (κ1) is 21.6. The van der Waals surface area contributed by atoms with Crippen LogP contribution in [-0.4, -0.2) is 47.5 Å². The molecule has 0 unspecified atom stereocenters. The van der Waals surface area contributed by atoms with Crippen molar-refractivity contribution >= 4 is 17.6 Å². The lowest BCUT2D eigenvalue weighted by Crippen LogP contribution is -2.31. The number of amides is 1. The SMILES string of the molecule is C=C(/C=C\C=C(/C)C(=N)N1CCCC1=N)NC(=O)c1cc2c(cc1F)CCN(C)C2. The second-order valence-corrected chi connectivity index (χ2v) is 7.83. The van der Waals surface area contributed by atoms with E-state index >= 15 is 0 Å². The van der Waals surface area contributed by atoms with E-state index in [0.717, 1.165) is 30.5 Å². The van der Waals surface area contributed by atoms with E-state index in [-0.39, 0.29) is 5.56 Å². The number of likely N-dealkylation sites (tertiary alicyclic amines) is 1. The molecule has 2 aliphatic rings. The van der Waals surface area contributed by atoms with Crippen molar-refractivity contribution in [3.63, 3.8) is 0 Å². The Balaban J connectivity index is 1.62. The van der Waals surface area contributed by atoms with Crippen LogP contribution in [0.4, 0.5) is 4.39 Å². The third-order valence-electron chi connectivity index (χ3n) is 5.42. The van der Waals surface area contributed by atoms with E-state index in [2.05, 4.69) is 16.8 Å². The van der Waals surface area contributed by atoms with Crippen molar-refractivity contribution in [2.75, 3.05) is 20.1 Å². The minimum absolute atomic E-state index is 0.0136. The fraction of sp³-hybridized carbons (Fsp3) is 0.348. The summed E-state index contributed by atoms with van der Waals surface area (Å²) in [5, 5.41) is 18.7. The Bertz CT molecular complexity index is 963. The van der Waals surface area contributed by atoms with Crippen LogP contribution in [0.1, 0.15) is 41.3 Å². The summed E-state index contributed by atoms with van der Waals surface area (Å²) in [6.07, 6.45) is 7.39. The molecule has 2 aliphatic heterocycles. The number of amidine groups is 2. The van der Waals surface area contributed by atoms with Gasteiger partial charge >= 0.3 is 0 Å². The van der Waals surface area contributed by atoms with Gasteiger partial charge in [0.25, 0.3) is 5.91 Å². The first-order valence-corrected chi connectivity index (χ1v) is 10.0. The van der Waals surface area contributed by atoms with Crippen LogP contribution in [0.5, 0.6) is 0 Å². The van der Waals surface area contributed by atoms with Gasteiger partial charge in [-0.2, -0.15) is 0 Å². The van der Waals surface area contributed by atoms with E-state index in [1.54, 1.807) is 36.1 Å². The summed E-state index contributed by atoms with van der Waals surface area (Å²) in [7, 11) is 2.00. The lowest BCUT2D eigenvalue weighted by Gasteiger charge is -2.25. The molecule has 2 heterocycles. The summed E-state index contributed by atoms with van der Waals surface area (Å²) in [6, 6.07) is 3.09. The average molecular weight is 410 g/mol. The van der Waals surface area contributed by atoms with E-state index in [0.29, 0.717) is 42.5 Å². The van der Waals surface area contributed by atoms with Crippen LogP contribution in [-0.2, 0) is 13.0 Å². The molecule has 1 aromatic carbocycles. The maximum absolute atomic E-state index is 14.4. The second-order valence-electron chi connectivity index (χ2n) is 7.83. The van der Waals surface area contributed by atoms with Crippen molar-refractivity contribution in [1.29, 1.82) is 10.8 Å². The molecule has 1 aromatic rings. The number of fused-ring (bicyclic) bond motifs is 1. The van der Waals surface area contributed by atoms with E-state index in [1.165, 1.54) is 6.07 Å². The Labute approximate surface area is 176 Å². The highest BCUT2D eigenvalue weighted by atomic mass is 19.1. The smallest absolute Gasteiger partial charge is 0.258 e. The molecule has 0 saturated carbocycles. The number of rotatable bonds is 5. The van der Waals surface area contributed by atoms with E-state index in [4.69, 9.17) is 10.8 Å². The summed E-state index contributed by atoms with van der Waals surface area (Å²) in [5.41, 5.74) is 2.98. The highest BCUT2D eigenvalue weighted by Crippen LogP contribution is 2.22. The molecule has 1 amide bonds. The number of benzene rings is 1. The van der Waals surface area contributed by atoms with Crippen molar-refractivity contribution < 1.29 is 9.18 Å². The summed E-state index contributed by atoms with van der Waals surface area (Å²) >= 11 is 0. The Morgan fingerprint density at radius 3 is 2.73 bits per heavy atom. The molecule has 1 saturated heterocycles. The molecule has 0 atom stereocenters. The zero-order chi connectivity index (χ0) is 21.8. The maximum Gasteiger partial charge on any atom is 0.258 e. The zero-order valence-electron chi connectivity index (χ0n) is 17.5. The van der Waals surface area contributed by atoms with Gasteiger partial charge in [0, 0.05) is 31.8 Å². The van der Waals surface area contributed by atoms with Crippen LogP contribution >= 0.6 is 0 Å². The number of carbonyl (C=O) groups is 1. The van der Waals surface area contributed by atoms with Crippen molar-refractivity contribution in [1.82, 2.24) is 15.1 Å². The quantitative estimate of drug-likeness (QED) is 0.395. The Hall–Kier alpha value is -3.06. The number of halogens is 1. The molecule has 6 nitrogen and oxygen atoms in total. The number of nitrogens with zero attached hydrogens (tertiary/aromatic N) is 2. The molecular weight excluding hydrogens is 381 g/mol. The number of allylic oxidation sites excluding steroid dienone is 3. The molecule has 3 N–H and O–H groups in total. The van der Waals surface area contributed by atoms with Gasteiger partial charge in [-0.25, -0.2) is 4.39 Å². The molecule has 0 radical (unpaired) electrons. The van der Waals surface area contributed by atoms with Gasteiger partial charge in [-0.05, 0) is 61.7 Å². The standard InChI is InChI=1S/C23H28FN5O/c1-15(22(26)29-10-5-8-21(29)25)6-4-7-16(2)27-23(30)19-12-18-14-28(3)11-9-17(18)13-20(19)24/h4,6-7,12-13,25-26H,2,5,8-11,14H2,1,3H3,(H,27,30)/b7-4-,15-6+,25-21?,26-22?. The summed E-state index contributed by atoms with van der Waals surface area (Å²) in [4.78, 5) is 16.3. The fourth-order valence-electron chi connectivity index (χ4n) is 3.67. The van der Waals surface area contributed by atoms with Crippen LogP contribution in [0.3, 0.4) is 0 Å². The predicted octanol–water partition coefficient (Wildman–Crippen LogP) is 3.61. The highest BCUT2D eigenvalue weighted by Gasteiger charge is 2.21. The van der Waals surface area contributed by atoms with E-state index < -0.39 is 11.7 Å². The van der Waals surface area contributed by atoms with Crippen LogP contribution in [0.2, 0.25) is 0 Å². The van der Waals surface area contributed by atoms with E-state index in [1.807, 2.05) is 7.05 Å². The predicted molar refractivity (Wildman–Crippen MR) is 117 cm³/mol. The number of carbonyl (C=O) groups excluding carboxylic acids is 1. The third kappa shape index (κ3) is 4.91. The Morgan fingerprint density at radius 2 is 2.03 bits per heavy atom. The zero-order valence-corrected chi connectivity index (χ0v) is 17.5. The van der Waals surface area contributed by atoms with Gasteiger partial charge < -0.3 is 15.1 Å². The largest absolute Gasteiger partial charge is 0.322 e. The van der Waals surface area contributed by atoms with Crippen molar-refractivity contribution in [2.24, 2.45) is 0 Å². The molecule has 3 rings (SSSR count). The minimum Gasteiger partial charge on any atom is -0.322 e. The Morgan fingerprint density at radius 1 is 1.27 bits per heavy atom. The second kappa shape index (κ2) is 9.17. The Kier molecular flexibility index (Phi) is 6.62. The van der Waals surface area contributed by atoms with Crippen molar-refractivity contribution in [3.8, 4) is 0 Å². The molecular formula is C23H28FN5O. The van der Waals surface area contributed by atoms with Gasteiger partial charge in [0.15, 0.2) is 0 Å². The maximum atomic E-state index is 14.4. The first-order valence-electron chi connectivity index (χ1n) is 10.0. The van der Waals surface area contributed by atoms with Crippen molar-refractivity contribution in [2.45, 2.75) is 32.7 Å². The molecule has 0 aliphatic carbocycles. The summed E-state index contributed by atoms with van der Waals surface area (Å²) in [5.74, 6) is -0.286. The molecule has 7 heteroatoms. The first-order chi connectivity index (χ1) is 14.3. The monoisotopic (exact) mass is 409 g/mol. The number of nitrogens with one attached hydrogen (secondary N) is 3. The molecule has 30 heavy (non-hydrogen) atoms. The lowest BCUT2D eigenvalue weighted by molar-refractivity contribution is 0.0963. The van der Waals surface area contributed by atoms with Gasteiger partial charge in [-0.15, -0.1) is 0 Å². The summed E-state index contributed by atoms with van der Waals surface area (Å²) in [6.45, 7) is 7.87. The van der Waals surface area contributed by atoms with Crippen LogP contribution in [0, 0.1) is 16.6 Å². The number of likely N-dealkylation sites (N-methyl/N-ethyl adjacent to an activating group) is 1. The normalized spacial score (nSPS) is 17.4. The minimum atomic E-state index is -0.530. The van der Waals surface area contributed by atoms with E-state index in [9.17, 15) is 9.18 Å². The van der Waals surface area contributed by atoms with Gasteiger partial charge in [0.2, 0.25) is 0 Å². The molecule has 0 bridgehead atoms. The molecule has 0 spiro atoms. The third-order valence-corrected chi connectivity index (χ3v) is 5.42. The van der Waals surface area contributed by atoms with Crippen LogP contribution < -0.4 is 5.32 Å². The molecule has 1 fully saturated rings. The fourth-order valence-corrected chi connectivity index (χ4v) is 3.67. The van der Waals surface area contributed by atoms with Gasteiger partial charge in [0.05, 0.1) is 5.56 Å². The molecule has 0 aromatic heterocycles. The summed E-state index contributed by atoms with van der Waals surface area (Å²) < 4.78 is 14.4. The van der Waals surface area contributed by atoms with Crippen molar-refractivity contribution in [3.05, 3.63) is 70.7 Å². The molecule has 158 valence electrons. The van der Waals surface area contributed by atoms with Crippen LogP contribution in [0.25, 0.3) is 0 Å². The number of hydrogen-bond acceptors (Lipinski definition) is 4. The highest BCUT2D eigenvalue weighted by molar-refractivity contribution is 6.07. The van der Waals surface area contributed by atoms with Crippen LogP contribution in [0.15, 0.2) is 48.2 Å². The van der Waals surface area contributed by atoms with Gasteiger partial charge in [-0.1, -0.05) is 18.7 Å². The van der Waals surface area contributed by atoms with Gasteiger partial charge in [0.1, 0.15) is 17.5 Å². The lowest BCUT2D eigenvalue weighted by atomic mass is 9.97.